The predicted octanol–water partition coefficient (Wildman–Crippen LogP) is 5.82. The molecule has 0 saturated carbocycles. The lowest BCUT2D eigenvalue weighted by atomic mass is 9.99. The molecule has 1 aliphatic carbocycles. The van der Waals surface area contributed by atoms with Crippen LogP contribution in [0.1, 0.15) is 83.3 Å². The molecule has 2 aliphatic heterocycles. The summed E-state index contributed by atoms with van der Waals surface area (Å²) >= 11 is 0. The molecule has 0 radical (unpaired) electrons. The van der Waals surface area contributed by atoms with E-state index < -0.39 is 18.2 Å². The van der Waals surface area contributed by atoms with E-state index >= 15 is 0 Å². The minimum absolute atomic E-state index is 0.0173. The van der Waals surface area contributed by atoms with Crippen LogP contribution in [0.25, 0.3) is 22.4 Å². The van der Waals surface area contributed by atoms with Crippen LogP contribution in [0.4, 0.5) is 9.59 Å². The van der Waals surface area contributed by atoms with Crippen molar-refractivity contribution in [3.8, 4) is 22.4 Å². The van der Waals surface area contributed by atoms with E-state index in [-0.39, 0.29) is 35.9 Å². The lowest BCUT2D eigenvalue weighted by Crippen LogP contribution is -2.51. The Balaban J connectivity index is 1.09. The van der Waals surface area contributed by atoms with Crippen molar-refractivity contribution in [1.82, 2.24) is 35.9 Å². The minimum Gasteiger partial charge on any atom is -0.453 e. The standard InChI is InChI=1S/C40H50N8O6/c1-23(2)34(45-39(51)53-5)38(50)47-20-8-11-33(47)36-42-22-32(44-36)28-18-14-26(15-19-28)25-12-16-27(17-13-25)31-21-41-35(43-31)29-9-7-10-30(29)37(49)48(24(3)4)46-40(52)54-6/h12-19,22-24,31,33-34H,7-11,20-21H2,1-6H3,(H,41,43)(H,42,44)(H,45,51)(H,46,52). The maximum atomic E-state index is 13.5. The van der Waals surface area contributed by atoms with Crippen molar-refractivity contribution in [2.45, 2.75) is 84.0 Å². The Bertz CT molecular complexity index is 1920. The van der Waals surface area contributed by atoms with Crippen molar-refractivity contribution >= 4 is 29.8 Å². The Hall–Kier alpha value is -5.66. The van der Waals surface area contributed by atoms with Gasteiger partial charge in [0.25, 0.3) is 5.91 Å². The molecule has 4 N–H and O–H groups in total. The third kappa shape index (κ3) is 8.12. The molecule has 6 rings (SSSR count). The maximum Gasteiger partial charge on any atom is 0.425 e. The number of amidine groups is 1. The summed E-state index contributed by atoms with van der Waals surface area (Å²) in [7, 11) is 2.56. The number of rotatable bonds is 10. The highest BCUT2D eigenvalue weighted by Crippen LogP contribution is 2.34. The number of nitrogens with one attached hydrogen (secondary N) is 4. The van der Waals surface area contributed by atoms with Crippen LogP contribution in [0.2, 0.25) is 0 Å². The van der Waals surface area contributed by atoms with Gasteiger partial charge in [0.2, 0.25) is 5.91 Å². The van der Waals surface area contributed by atoms with Gasteiger partial charge >= 0.3 is 12.2 Å². The highest BCUT2D eigenvalue weighted by Gasteiger charge is 2.38. The first-order chi connectivity index (χ1) is 26.0. The van der Waals surface area contributed by atoms with Crippen LogP contribution < -0.4 is 16.1 Å². The molecule has 14 nitrogen and oxygen atoms in total. The van der Waals surface area contributed by atoms with Crippen molar-refractivity contribution in [2.24, 2.45) is 10.9 Å². The molecule has 1 saturated heterocycles. The van der Waals surface area contributed by atoms with Gasteiger partial charge < -0.3 is 30.0 Å². The first kappa shape index (κ1) is 38.1. The van der Waals surface area contributed by atoms with E-state index in [1.165, 1.54) is 19.2 Å². The molecule has 3 aromatic rings. The number of nitrogens with zero attached hydrogens (tertiary/aromatic N) is 4. The Morgan fingerprint density at radius 2 is 1.56 bits per heavy atom. The number of benzene rings is 2. The molecule has 4 amide bonds. The van der Waals surface area contributed by atoms with Gasteiger partial charge in [-0.2, -0.15) is 0 Å². The first-order valence-corrected chi connectivity index (χ1v) is 18.6. The van der Waals surface area contributed by atoms with Gasteiger partial charge in [-0.3, -0.25) is 14.6 Å². The van der Waals surface area contributed by atoms with E-state index in [1.54, 1.807) is 6.20 Å². The third-order valence-corrected chi connectivity index (χ3v) is 10.3. The van der Waals surface area contributed by atoms with E-state index in [9.17, 15) is 19.2 Å². The van der Waals surface area contributed by atoms with Crippen LogP contribution in [0.5, 0.6) is 0 Å². The van der Waals surface area contributed by atoms with Gasteiger partial charge in [0.15, 0.2) is 0 Å². The number of H-pyrrole nitrogens is 1. The molecule has 3 unspecified atom stereocenters. The van der Waals surface area contributed by atoms with Crippen LogP contribution in [-0.4, -0.2) is 89.1 Å². The van der Waals surface area contributed by atoms with Gasteiger partial charge in [-0.15, -0.1) is 0 Å². The summed E-state index contributed by atoms with van der Waals surface area (Å²) in [4.78, 5) is 65.5. The number of aliphatic imine (C=N–C) groups is 1. The molecular weight excluding hydrogens is 688 g/mol. The Labute approximate surface area is 315 Å². The number of imidazole rings is 1. The lowest BCUT2D eigenvalue weighted by molar-refractivity contribution is -0.135. The SMILES string of the molecule is COC(=O)NC(C(=O)N1CCCC1c1ncc(-c2ccc(-c3ccc(C4CN=C(C5=C(C(=O)N(NC(=O)OC)C(C)C)CCC5)N4)cc3)cc2)[nH]1)C(C)C. The van der Waals surface area contributed by atoms with E-state index in [4.69, 9.17) is 14.5 Å². The summed E-state index contributed by atoms with van der Waals surface area (Å²) in [6, 6.07) is 15.5. The number of aromatic nitrogens is 2. The van der Waals surface area contributed by atoms with Crippen molar-refractivity contribution in [2.75, 3.05) is 27.3 Å². The number of hydrazine groups is 1. The monoisotopic (exact) mass is 738 g/mol. The van der Waals surface area contributed by atoms with Crippen molar-refractivity contribution in [1.29, 1.82) is 0 Å². The number of aromatic amines is 1. The number of ether oxygens (including phenoxy) is 2. The zero-order valence-electron chi connectivity index (χ0n) is 31.8. The molecule has 3 atom stereocenters. The van der Waals surface area contributed by atoms with Crippen molar-refractivity contribution in [3.05, 3.63) is 77.3 Å². The number of amides is 4. The number of hydrogen-bond acceptors (Lipinski definition) is 9. The Morgan fingerprint density at radius 3 is 2.20 bits per heavy atom. The zero-order chi connectivity index (χ0) is 38.5. The van der Waals surface area contributed by atoms with Gasteiger partial charge in [-0.1, -0.05) is 62.4 Å². The molecule has 286 valence electrons. The quantitative estimate of drug-likeness (QED) is 0.189. The normalized spacial score (nSPS) is 18.7. The minimum atomic E-state index is -0.685. The van der Waals surface area contributed by atoms with Gasteiger partial charge in [0.05, 0.1) is 44.7 Å². The van der Waals surface area contributed by atoms with E-state index in [2.05, 4.69) is 74.6 Å². The molecule has 3 heterocycles. The first-order valence-electron chi connectivity index (χ1n) is 18.6. The molecular formula is C40H50N8O6. The van der Waals surface area contributed by atoms with E-state index in [1.807, 2.05) is 32.6 Å². The highest BCUT2D eigenvalue weighted by molar-refractivity contribution is 6.08. The summed E-state index contributed by atoms with van der Waals surface area (Å²) in [5, 5.41) is 7.56. The molecule has 3 aliphatic rings. The fraction of sp³-hybridized carbons (Fsp3) is 0.450. The molecule has 1 fully saturated rings. The number of alkyl carbamates (subject to hydrolysis) is 1. The molecule has 0 spiro atoms. The number of likely N-dealkylation sites (tertiary alicyclic amines) is 1. The van der Waals surface area contributed by atoms with Gasteiger partial charge in [-0.05, 0) is 74.1 Å². The summed E-state index contributed by atoms with van der Waals surface area (Å²) < 4.78 is 9.47. The molecule has 14 heteroatoms. The number of methoxy groups -OCH3 is 2. The van der Waals surface area contributed by atoms with Gasteiger partial charge in [0.1, 0.15) is 17.7 Å². The second-order valence-electron chi connectivity index (χ2n) is 14.5. The largest absolute Gasteiger partial charge is 0.453 e. The van der Waals surface area contributed by atoms with Gasteiger partial charge in [-0.25, -0.2) is 25.0 Å². The summed E-state index contributed by atoms with van der Waals surface area (Å²) in [5.74, 6) is 0.988. The fourth-order valence-electron chi connectivity index (χ4n) is 7.35. The Kier molecular flexibility index (Phi) is 11.7. The predicted molar refractivity (Wildman–Crippen MR) is 204 cm³/mol. The molecule has 1 aromatic heterocycles. The van der Waals surface area contributed by atoms with Gasteiger partial charge in [0, 0.05) is 23.7 Å². The van der Waals surface area contributed by atoms with Crippen LogP contribution in [0, 0.1) is 5.92 Å². The summed E-state index contributed by atoms with van der Waals surface area (Å²) in [6.07, 6.45) is 4.34. The second kappa shape index (κ2) is 16.6. The third-order valence-electron chi connectivity index (χ3n) is 10.3. The Morgan fingerprint density at radius 1 is 0.889 bits per heavy atom. The highest BCUT2D eigenvalue weighted by atomic mass is 16.5. The fourth-order valence-corrected chi connectivity index (χ4v) is 7.35. The molecule has 54 heavy (non-hydrogen) atoms. The van der Waals surface area contributed by atoms with Crippen LogP contribution in [0.15, 0.2) is 70.9 Å². The van der Waals surface area contributed by atoms with Crippen molar-refractivity contribution in [3.63, 3.8) is 0 Å². The topological polar surface area (TPSA) is 170 Å². The van der Waals surface area contributed by atoms with Crippen LogP contribution in [0.3, 0.4) is 0 Å². The van der Waals surface area contributed by atoms with Crippen molar-refractivity contribution < 1.29 is 28.7 Å². The van der Waals surface area contributed by atoms with E-state index in [0.29, 0.717) is 25.1 Å². The number of carbonyl (C=O) groups excluding carboxylic acids is 4. The van der Waals surface area contributed by atoms with Crippen LogP contribution in [-0.2, 0) is 19.1 Å². The average Bonchev–Trinajstić information content (AvgIpc) is 4.02. The maximum absolute atomic E-state index is 13.5. The summed E-state index contributed by atoms with van der Waals surface area (Å²) in [5.41, 5.74) is 9.20. The second-order valence-corrected chi connectivity index (χ2v) is 14.5. The number of hydrogen-bond donors (Lipinski definition) is 4. The number of carbonyl (C=O) groups is 4. The van der Waals surface area contributed by atoms with E-state index in [0.717, 1.165) is 70.9 Å². The zero-order valence-corrected chi connectivity index (χ0v) is 31.8. The molecule has 0 bridgehead atoms. The smallest absolute Gasteiger partial charge is 0.425 e. The lowest BCUT2D eigenvalue weighted by Gasteiger charge is -2.30. The van der Waals surface area contributed by atoms with Crippen LogP contribution >= 0.6 is 0 Å². The summed E-state index contributed by atoms with van der Waals surface area (Å²) in [6.45, 7) is 8.63. The average molecular weight is 739 g/mol. The molecule has 2 aromatic carbocycles.